The number of ether oxygens (including phenoxy) is 1. The van der Waals surface area contributed by atoms with Gasteiger partial charge < -0.3 is 15.0 Å². The monoisotopic (exact) mass is 422 g/mol. The van der Waals surface area contributed by atoms with Gasteiger partial charge in [0.2, 0.25) is 0 Å². The highest BCUT2D eigenvalue weighted by Gasteiger charge is 2.16. The Morgan fingerprint density at radius 1 is 1.00 bits per heavy atom. The molecular weight excluding hydrogens is 400 g/mol. The zero-order chi connectivity index (χ0) is 21.5. The molecule has 154 valence electrons. The molecule has 3 aromatic carbocycles. The standard InChI is InChI=1S/C24H23ClN2O3/c1-3-27(21-7-5-4-6-8-21)24(29)18-9-12-20(13-10-18)26-23(28)16-30-22-14-11-19(25)15-17(22)2/h4-15H,3,16H2,1-2H3,(H,26,28). The summed E-state index contributed by atoms with van der Waals surface area (Å²) in [5, 5.41) is 3.39. The van der Waals surface area contributed by atoms with Crippen molar-refractivity contribution < 1.29 is 14.3 Å². The number of anilines is 2. The van der Waals surface area contributed by atoms with E-state index in [4.69, 9.17) is 16.3 Å². The molecule has 0 bridgehead atoms. The van der Waals surface area contributed by atoms with E-state index in [1.165, 1.54) is 0 Å². The molecule has 0 heterocycles. The van der Waals surface area contributed by atoms with Gasteiger partial charge >= 0.3 is 0 Å². The molecule has 0 aromatic heterocycles. The summed E-state index contributed by atoms with van der Waals surface area (Å²) >= 11 is 5.92. The molecule has 5 nitrogen and oxygen atoms in total. The van der Waals surface area contributed by atoms with Gasteiger partial charge in [-0.25, -0.2) is 0 Å². The van der Waals surface area contributed by atoms with Crippen LogP contribution in [-0.4, -0.2) is 25.0 Å². The largest absolute Gasteiger partial charge is 0.483 e. The van der Waals surface area contributed by atoms with Gasteiger partial charge in [-0.1, -0.05) is 29.8 Å². The van der Waals surface area contributed by atoms with Gasteiger partial charge in [-0.15, -0.1) is 0 Å². The van der Waals surface area contributed by atoms with Crippen molar-refractivity contribution in [2.24, 2.45) is 0 Å². The van der Waals surface area contributed by atoms with Crippen LogP contribution in [0, 0.1) is 6.92 Å². The average molecular weight is 423 g/mol. The molecule has 1 N–H and O–H groups in total. The van der Waals surface area contributed by atoms with Crippen LogP contribution in [0.5, 0.6) is 5.75 Å². The summed E-state index contributed by atoms with van der Waals surface area (Å²) in [6, 6.07) is 21.6. The van der Waals surface area contributed by atoms with Crippen molar-refractivity contribution in [1.82, 2.24) is 0 Å². The zero-order valence-electron chi connectivity index (χ0n) is 16.9. The molecule has 0 unspecified atom stereocenters. The summed E-state index contributed by atoms with van der Waals surface area (Å²) in [5.74, 6) is 0.224. The number of rotatable bonds is 7. The maximum atomic E-state index is 12.8. The highest BCUT2D eigenvalue weighted by molar-refractivity contribution is 6.30. The Balaban J connectivity index is 1.59. The number of halogens is 1. The number of hydrogen-bond acceptors (Lipinski definition) is 3. The summed E-state index contributed by atoms with van der Waals surface area (Å²) in [5.41, 5.74) is 2.84. The second-order valence-corrected chi connectivity index (χ2v) is 7.15. The van der Waals surface area contributed by atoms with Crippen LogP contribution in [-0.2, 0) is 4.79 Å². The number of nitrogens with one attached hydrogen (secondary N) is 1. The third-order valence-electron chi connectivity index (χ3n) is 4.54. The molecular formula is C24H23ClN2O3. The molecule has 0 aliphatic rings. The summed E-state index contributed by atoms with van der Waals surface area (Å²) in [7, 11) is 0. The Kier molecular flexibility index (Phi) is 7.09. The van der Waals surface area contributed by atoms with E-state index < -0.39 is 0 Å². The normalized spacial score (nSPS) is 10.4. The smallest absolute Gasteiger partial charge is 0.262 e. The number of aryl methyl sites for hydroxylation is 1. The van der Waals surface area contributed by atoms with Gasteiger partial charge in [-0.2, -0.15) is 0 Å². The molecule has 0 atom stereocenters. The van der Waals surface area contributed by atoms with E-state index in [0.717, 1.165) is 11.3 Å². The van der Waals surface area contributed by atoms with Crippen molar-refractivity contribution in [2.45, 2.75) is 13.8 Å². The van der Waals surface area contributed by atoms with Crippen molar-refractivity contribution in [3.05, 3.63) is 88.9 Å². The number of nitrogens with zero attached hydrogens (tertiary/aromatic N) is 1. The number of para-hydroxylation sites is 1. The van der Waals surface area contributed by atoms with Crippen LogP contribution in [0.1, 0.15) is 22.8 Å². The van der Waals surface area contributed by atoms with E-state index in [9.17, 15) is 9.59 Å². The fourth-order valence-corrected chi connectivity index (χ4v) is 3.25. The topological polar surface area (TPSA) is 58.6 Å². The first-order valence-corrected chi connectivity index (χ1v) is 10.0. The first kappa shape index (κ1) is 21.4. The van der Waals surface area contributed by atoms with Crippen molar-refractivity contribution >= 4 is 34.8 Å². The summed E-state index contributed by atoms with van der Waals surface area (Å²) in [6.07, 6.45) is 0. The quantitative estimate of drug-likeness (QED) is 0.559. The number of benzene rings is 3. The van der Waals surface area contributed by atoms with Crippen LogP contribution in [0.3, 0.4) is 0 Å². The maximum absolute atomic E-state index is 12.8. The SMILES string of the molecule is CCN(C(=O)c1ccc(NC(=O)COc2ccc(Cl)cc2C)cc1)c1ccccc1. The average Bonchev–Trinajstić information content (AvgIpc) is 2.75. The van der Waals surface area contributed by atoms with E-state index >= 15 is 0 Å². The minimum atomic E-state index is -0.289. The van der Waals surface area contributed by atoms with E-state index in [0.29, 0.717) is 28.6 Å². The Morgan fingerprint density at radius 3 is 2.33 bits per heavy atom. The van der Waals surface area contributed by atoms with Crippen molar-refractivity contribution in [3.63, 3.8) is 0 Å². The van der Waals surface area contributed by atoms with Gasteiger partial charge in [-0.05, 0) is 74.0 Å². The Morgan fingerprint density at radius 2 is 1.70 bits per heavy atom. The summed E-state index contributed by atoms with van der Waals surface area (Å²) in [6.45, 7) is 4.23. The third kappa shape index (κ3) is 5.39. The van der Waals surface area contributed by atoms with Crippen LogP contribution in [0.2, 0.25) is 5.02 Å². The molecule has 3 aromatic rings. The Bertz CT molecular complexity index is 1020. The molecule has 0 aliphatic heterocycles. The number of carbonyl (C=O) groups excluding carboxylic acids is 2. The van der Waals surface area contributed by atoms with Crippen LogP contribution < -0.4 is 15.0 Å². The zero-order valence-corrected chi connectivity index (χ0v) is 17.6. The first-order chi connectivity index (χ1) is 14.5. The Hall–Kier alpha value is -3.31. The van der Waals surface area contributed by atoms with E-state index in [1.807, 2.05) is 44.2 Å². The maximum Gasteiger partial charge on any atom is 0.262 e. The molecule has 3 rings (SSSR count). The van der Waals surface area contributed by atoms with Gasteiger partial charge in [0.1, 0.15) is 5.75 Å². The molecule has 0 fully saturated rings. The van der Waals surface area contributed by atoms with Crippen LogP contribution in [0.25, 0.3) is 0 Å². The lowest BCUT2D eigenvalue weighted by atomic mass is 10.1. The predicted octanol–water partition coefficient (Wildman–Crippen LogP) is 5.33. The van der Waals surface area contributed by atoms with Crippen molar-refractivity contribution in [2.75, 3.05) is 23.4 Å². The molecule has 2 amide bonds. The molecule has 6 heteroatoms. The minimum Gasteiger partial charge on any atom is -0.483 e. The van der Waals surface area contributed by atoms with Gasteiger partial charge in [-0.3, -0.25) is 9.59 Å². The van der Waals surface area contributed by atoms with Gasteiger partial charge in [0.15, 0.2) is 6.61 Å². The fraction of sp³-hybridized carbons (Fsp3) is 0.167. The van der Waals surface area contributed by atoms with Crippen LogP contribution >= 0.6 is 11.6 Å². The number of amides is 2. The number of carbonyl (C=O) groups is 2. The molecule has 0 aliphatic carbocycles. The second-order valence-electron chi connectivity index (χ2n) is 6.71. The summed E-state index contributed by atoms with van der Waals surface area (Å²) in [4.78, 5) is 26.7. The van der Waals surface area contributed by atoms with Crippen molar-refractivity contribution in [3.8, 4) is 5.75 Å². The lowest BCUT2D eigenvalue weighted by Crippen LogP contribution is -2.30. The van der Waals surface area contributed by atoms with Crippen LogP contribution in [0.4, 0.5) is 11.4 Å². The van der Waals surface area contributed by atoms with Crippen LogP contribution in [0.15, 0.2) is 72.8 Å². The molecule has 0 radical (unpaired) electrons. The van der Waals surface area contributed by atoms with Gasteiger partial charge in [0.25, 0.3) is 11.8 Å². The molecule has 30 heavy (non-hydrogen) atoms. The molecule has 0 saturated heterocycles. The fourth-order valence-electron chi connectivity index (χ4n) is 3.02. The van der Waals surface area contributed by atoms with E-state index in [1.54, 1.807) is 47.4 Å². The van der Waals surface area contributed by atoms with E-state index in [-0.39, 0.29) is 18.4 Å². The summed E-state index contributed by atoms with van der Waals surface area (Å²) < 4.78 is 5.55. The lowest BCUT2D eigenvalue weighted by Gasteiger charge is -2.21. The second kappa shape index (κ2) is 9.94. The highest BCUT2D eigenvalue weighted by atomic mass is 35.5. The molecule has 0 saturated carbocycles. The number of hydrogen-bond donors (Lipinski definition) is 1. The Labute approximate surface area is 181 Å². The highest BCUT2D eigenvalue weighted by Crippen LogP contribution is 2.22. The van der Waals surface area contributed by atoms with Gasteiger partial charge in [0, 0.05) is 28.5 Å². The predicted molar refractivity (Wildman–Crippen MR) is 121 cm³/mol. The van der Waals surface area contributed by atoms with Gasteiger partial charge in [0.05, 0.1) is 0 Å². The minimum absolute atomic E-state index is 0.0943. The first-order valence-electron chi connectivity index (χ1n) is 9.63. The van der Waals surface area contributed by atoms with E-state index in [2.05, 4.69) is 5.32 Å². The molecule has 0 spiro atoms. The third-order valence-corrected chi connectivity index (χ3v) is 4.78. The van der Waals surface area contributed by atoms with Crippen molar-refractivity contribution in [1.29, 1.82) is 0 Å². The lowest BCUT2D eigenvalue weighted by molar-refractivity contribution is -0.118.